The van der Waals surface area contributed by atoms with Gasteiger partial charge in [-0.25, -0.2) is 0 Å². The predicted octanol–water partition coefficient (Wildman–Crippen LogP) is 3.86. The molecule has 0 spiro atoms. The van der Waals surface area contributed by atoms with Crippen LogP contribution in [0.15, 0.2) is 12.1 Å². The number of hydrogen-bond donors (Lipinski definition) is 1. The van der Waals surface area contributed by atoms with Gasteiger partial charge in [0, 0.05) is 25.0 Å². The van der Waals surface area contributed by atoms with Gasteiger partial charge in [0.1, 0.15) is 0 Å². The normalized spacial score (nSPS) is 36.2. The minimum atomic E-state index is -1.90. The van der Waals surface area contributed by atoms with Crippen molar-refractivity contribution in [1.29, 1.82) is 0 Å². The lowest BCUT2D eigenvalue weighted by Crippen LogP contribution is -2.52. The van der Waals surface area contributed by atoms with E-state index < -0.39 is 8.32 Å². The van der Waals surface area contributed by atoms with Crippen molar-refractivity contribution in [1.82, 2.24) is 4.90 Å². The third-order valence-corrected chi connectivity index (χ3v) is 12.5. The lowest BCUT2D eigenvalue weighted by molar-refractivity contribution is -0.0379. The van der Waals surface area contributed by atoms with Crippen molar-refractivity contribution in [3.05, 3.63) is 23.3 Å². The standard InChI is InChI=1S/C22H33NO4Si/c1-22(2,3)28(4,5)27-19-9-17-15(7-18(19)24)16-11-23(17)10-13-6-20-21(8-14(13)16)26-12-25-20/h6,8,15-19,24H,7,9-12H2,1-5H3/t15-,16-,17-,18+,19-/m0/s1. The summed E-state index contributed by atoms with van der Waals surface area (Å²) in [6.45, 7) is 13.8. The number of fused-ring (bicyclic) bond motifs is 8. The quantitative estimate of drug-likeness (QED) is 0.760. The summed E-state index contributed by atoms with van der Waals surface area (Å²) in [6, 6.07) is 4.87. The van der Waals surface area contributed by atoms with Crippen LogP contribution in [0.3, 0.4) is 0 Å². The van der Waals surface area contributed by atoms with Gasteiger partial charge in [-0.15, -0.1) is 0 Å². The number of aliphatic hydroxyl groups excluding tert-OH is 1. The van der Waals surface area contributed by atoms with Crippen molar-refractivity contribution in [2.75, 3.05) is 13.3 Å². The molecular formula is C22H33NO4Si. The highest BCUT2D eigenvalue weighted by atomic mass is 28.4. The highest BCUT2D eigenvalue weighted by Crippen LogP contribution is 2.52. The third-order valence-electron chi connectivity index (χ3n) is 7.99. The number of ether oxygens (including phenoxy) is 2. The molecule has 5 rings (SSSR count). The molecule has 4 aliphatic rings. The topological polar surface area (TPSA) is 51.2 Å². The van der Waals surface area contributed by atoms with Gasteiger partial charge < -0.3 is 19.0 Å². The fourth-order valence-electron chi connectivity index (χ4n) is 5.43. The van der Waals surface area contributed by atoms with Crippen LogP contribution < -0.4 is 9.47 Å². The van der Waals surface area contributed by atoms with Crippen LogP contribution in [0.25, 0.3) is 0 Å². The first kappa shape index (κ1) is 18.9. The van der Waals surface area contributed by atoms with Gasteiger partial charge in [0.15, 0.2) is 19.8 Å². The number of hydrogen-bond acceptors (Lipinski definition) is 5. The fourth-order valence-corrected chi connectivity index (χ4v) is 6.79. The van der Waals surface area contributed by atoms with E-state index in [1.165, 1.54) is 11.1 Å². The lowest BCUT2D eigenvalue weighted by Gasteiger charge is -2.45. The molecule has 1 aromatic carbocycles. The highest BCUT2D eigenvalue weighted by Gasteiger charge is 2.52. The fraction of sp³-hybridized carbons (Fsp3) is 0.727. The Morgan fingerprint density at radius 3 is 2.57 bits per heavy atom. The summed E-state index contributed by atoms with van der Waals surface area (Å²) in [6.07, 6.45) is 1.36. The van der Waals surface area contributed by atoms with Crippen LogP contribution >= 0.6 is 0 Å². The molecule has 0 radical (unpaired) electrons. The van der Waals surface area contributed by atoms with Gasteiger partial charge in [0.25, 0.3) is 0 Å². The molecule has 28 heavy (non-hydrogen) atoms. The Hall–Kier alpha value is -1.08. The molecule has 1 aliphatic carbocycles. The van der Waals surface area contributed by atoms with E-state index in [0.29, 0.717) is 24.7 Å². The maximum absolute atomic E-state index is 11.0. The summed E-state index contributed by atoms with van der Waals surface area (Å²) in [5.41, 5.74) is 2.77. The largest absolute Gasteiger partial charge is 0.454 e. The van der Waals surface area contributed by atoms with Gasteiger partial charge in [-0.3, -0.25) is 4.90 Å². The van der Waals surface area contributed by atoms with Gasteiger partial charge >= 0.3 is 0 Å². The van der Waals surface area contributed by atoms with Crippen molar-refractivity contribution < 1.29 is 19.0 Å². The number of benzene rings is 1. The maximum Gasteiger partial charge on any atom is 0.231 e. The first-order valence-electron chi connectivity index (χ1n) is 10.7. The minimum absolute atomic E-state index is 0.0405. The zero-order valence-corrected chi connectivity index (χ0v) is 18.7. The van der Waals surface area contributed by atoms with Crippen molar-refractivity contribution in [2.24, 2.45) is 5.92 Å². The Balaban J connectivity index is 1.39. The van der Waals surface area contributed by atoms with E-state index in [2.05, 4.69) is 50.9 Å². The molecule has 154 valence electrons. The average Bonchev–Trinajstić information content (AvgIpc) is 3.16. The molecule has 5 nitrogen and oxygen atoms in total. The molecule has 1 N–H and O–H groups in total. The first-order valence-corrected chi connectivity index (χ1v) is 13.6. The summed E-state index contributed by atoms with van der Waals surface area (Å²) in [5, 5.41) is 11.2. The molecule has 1 aromatic rings. The van der Waals surface area contributed by atoms with Crippen LogP contribution in [0.4, 0.5) is 0 Å². The Morgan fingerprint density at radius 2 is 1.86 bits per heavy atom. The Bertz CT molecular complexity index is 789. The molecule has 1 unspecified atom stereocenters. The van der Waals surface area contributed by atoms with Gasteiger partial charge in [0.2, 0.25) is 6.79 Å². The monoisotopic (exact) mass is 403 g/mol. The van der Waals surface area contributed by atoms with E-state index in [0.717, 1.165) is 37.4 Å². The van der Waals surface area contributed by atoms with Crippen LogP contribution in [-0.4, -0.2) is 49.9 Å². The summed E-state index contributed by atoms with van der Waals surface area (Å²) >= 11 is 0. The van der Waals surface area contributed by atoms with Crippen LogP contribution in [0.5, 0.6) is 11.5 Å². The van der Waals surface area contributed by atoms with Gasteiger partial charge in [-0.05, 0) is 60.2 Å². The maximum atomic E-state index is 11.0. The second-order valence-electron chi connectivity index (χ2n) is 10.6. The van der Waals surface area contributed by atoms with Crippen molar-refractivity contribution in [3.8, 4) is 11.5 Å². The molecule has 1 saturated heterocycles. The van der Waals surface area contributed by atoms with E-state index in [1.807, 2.05) is 0 Å². The molecule has 0 amide bonds. The molecule has 6 heteroatoms. The second kappa shape index (κ2) is 6.21. The molecule has 6 atom stereocenters. The SMILES string of the molecule is CC(C)(C)[Si](C)(C)O[C@H]1C[C@H]2[C@@H](C[C@H]1O)[C@H]1CN2Cc2cc3c(cc21)OCO3. The van der Waals surface area contributed by atoms with Crippen LogP contribution in [0.1, 0.15) is 50.7 Å². The summed E-state index contributed by atoms with van der Waals surface area (Å²) in [7, 11) is -1.90. The Morgan fingerprint density at radius 1 is 1.14 bits per heavy atom. The first-order chi connectivity index (χ1) is 13.1. The van der Waals surface area contributed by atoms with Crippen molar-refractivity contribution in [3.63, 3.8) is 0 Å². The predicted molar refractivity (Wildman–Crippen MR) is 110 cm³/mol. The van der Waals surface area contributed by atoms with Gasteiger partial charge in [-0.2, -0.15) is 0 Å². The van der Waals surface area contributed by atoms with E-state index in [9.17, 15) is 5.11 Å². The summed E-state index contributed by atoms with van der Waals surface area (Å²) in [4.78, 5) is 2.62. The van der Waals surface area contributed by atoms with E-state index >= 15 is 0 Å². The second-order valence-corrected chi connectivity index (χ2v) is 15.4. The van der Waals surface area contributed by atoms with Gasteiger partial charge in [0.05, 0.1) is 12.2 Å². The third kappa shape index (κ3) is 2.83. The van der Waals surface area contributed by atoms with Crippen molar-refractivity contribution in [2.45, 2.75) is 82.5 Å². The summed E-state index contributed by atoms with van der Waals surface area (Å²) in [5.74, 6) is 2.73. The highest BCUT2D eigenvalue weighted by molar-refractivity contribution is 6.74. The molecular weight excluding hydrogens is 370 g/mol. The molecule has 0 aromatic heterocycles. The van der Waals surface area contributed by atoms with E-state index in [1.54, 1.807) is 0 Å². The van der Waals surface area contributed by atoms with E-state index in [4.69, 9.17) is 13.9 Å². The molecule has 1 saturated carbocycles. The molecule has 2 fully saturated rings. The zero-order chi connectivity index (χ0) is 19.8. The zero-order valence-electron chi connectivity index (χ0n) is 17.7. The average molecular weight is 404 g/mol. The molecule has 3 aliphatic heterocycles. The molecule has 2 bridgehead atoms. The number of aliphatic hydroxyl groups is 1. The Labute approximate surface area is 169 Å². The van der Waals surface area contributed by atoms with Crippen LogP contribution in [-0.2, 0) is 11.0 Å². The number of rotatable bonds is 2. The van der Waals surface area contributed by atoms with E-state index in [-0.39, 0.29) is 17.2 Å². The molecule has 3 heterocycles. The van der Waals surface area contributed by atoms with Crippen LogP contribution in [0, 0.1) is 5.92 Å². The number of nitrogens with zero attached hydrogens (tertiary/aromatic N) is 1. The Kier molecular flexibility index (Phi) is 4.19. The smallest absolute Gasteiger partial charge is 0.231 e. The minimum Gasteiger partial charge on any atom is -0.454 e. The van der Waals surface area contributed by atoms with Crippen molar-refractivity contribution >= 4 is 8.32 Å². The summed E-state index contributed by atoms with van der Waals surface area (Å²) < 4.78 is 17.9. The lowest BCUT2D eigenvalue weighted by atomic mass is 9.75. The van der Waals surface area contributed by atoms with Crippen LogP contribution in [0.2, 0.25) is 18.1 Å². The van der Waals surface area contributed by atoms with Gasteiger partial charge in [-0.1, -0.05) is 20.8 Å².